The zero-order valence-electron chi connectivity index (χ0n) is 10.9. The molecule has 1 unspecified atom stereocenters. The van der Waals surface area contributed by atoms with Gasteiger partial charge in [-0.2, -0.15) is 9.78 Å². The summed E-state index contributed by atoms with van der Waals surface area (Å²) in [4.78, 5) is 12.2. The maximum Gasteiger partial charge on any atom is 0.350 e. The third-order valence-corrected chi connectivity index (χ3v) is 3.04. The fourth-order valence-electron chi connectivity index (χ4n) is 1.94. The van der Waals surface area contributed by atoms with E-state index in [2.05, 4.69) is 5.10 Å². The number of nitrogens with zero attached hydrogens (tertiary/aromatic N) is 3. The Morgan fingerprint density at radius 3 is 2.47 bits per heavy atom. The van der Waals surface area contributed by atoms with Gasteiger partial charge in [-0.25, -0.2) is 13.6 Å². The Hall–Kier alpha value is -1.98. The molecule has 19 heavy (non-hydrogen) atoms. The number of aryl methyl sites for hydroxylation is 1. The van der Waals surface area contributed by atoms with Gasteiger partial charge in [0.2, 0.25) is 0 Å². The Labute approximate surface area is 109 Å². The highest BCUT2D eigenvalue weighted by Gasteiger charge is 2.16. The molecule has 101 valence electrons. The van der Waals surface area contributed by atoms with E-state index in [0.717, 1.165) is 23.2 Å². The van der Waals surface area contributed by atoms with Gasteiger partial charge in [0.1, 0.15) is 17.5 Å². The zero-order valence-corrected chi connectivity index (χ0v) is 10.9. The standard InChI is InChI=1S/C13H14F2N3O/c1-4-8(2)17-9(3)16-18(13(17)19)12-6-10(14)5-11(15)7-12/h6-8H,4H2,1-3H3. The van der Waals surface area contributed by atoms with Crippen molar-refractivity contribution in [2.45, 2.75) is 33.2 Å². The van der Waals surface area contributed by atoms with Gasteiger partial charge in [-0.1, -0.05) is 6.92 Å². The molecule has 1 radical (unpaired) electrons. The van der Waals surface area contributed by atoms with Crippen LogP contribution in [-0.4, -0.2) is 14.3 Å². The molecule has 0 saturated heterocycles. The molecule has 0 N–H and O–H groups in total. The van der Waals surface area contributed by atoms with Crippen LogP contribution in [0.2, 0.25) is 0 Å². The van der Waals surface area contributed by atoms with E-state index in [-0.39, 0.29) is 11.7 Å². The maximum absolute atomic E-state index is 13.1. The highest BCUT2D eigenvalue weighted by atomic mass is 19.1. The topological polar surface area (TPSA) is 39.8 Å². The average Bonchev–Trinajstić information content (AvgIpc) is 2.63. The summed E-state index contributed by atoms with van der Waals surface area (Å²) in [5.41, 5.74) is -0.347. The van der Waals surface area contributed by atoms with E-state index in [1.807, 2.05) is 19.9 Å². The van der Waals surface area contributed by atoms with Crippen molar-refractivity contribution in [1.29, 1.82) is 0 Å². The van der Waals surface area contributed by atoms with E-state index >= 15 is 0 Å². The second-order valence-corrected chi connectivity index (χ2v) is 4.40. The lowest BCUT2D eigenvalue weighted by molar-refractivity contribution is 0.501. The molecule has 0 aliphatic rings. The first kappa shape index (κ1) is 13.5. The minimum Gasteiger partial charge on any atom is -0.276 e. The van der Waals surface area contributed by atoms with Crippen LogP contribution in [0.4, 0.5) is 8.78 Å². The number of rotatable bonds is 3. The first-order valence-electron chi connectivity index (χ1n) is 6.01. The Kier molecular flexibility index (Phi) is 3.50. The molecule has 0 aliphatic carbocycles. The van der Waals surface area contributed by atoms with Gasteiger partial charge in [-0.3, -0.25) is 4.57 Å². The fourth-order valence-corrected chi connectivity index (χ4v) is 1.94. The molecule has 0 spiro atoms. The minimum absolute atomic E-state index is 0.0220. The van der Waals surface area contributed by atoms with Gasteiger partial charge in [0, 0.05) is 18.2 Å². The molecule has 0 aliphatic heterocycles. The van der Waals surface area contributed by atoms with Gasteiger partial charge in [-0.15, -0.1) is 0 Å². The predicted octanol–water partition coefficient (Wildman–Crippen LogP) is 2.39. The van der Waals surface area contributed by atoms with Crippen molar-refractivity contribution >= 4 is 0 Å². The smallest absolute Gasteiger partial charge is 0.276 e. The van der Waals surface area contributed by atoms with Crippen LogP contribution in [-0.2, 0) is 0 Å². The summed E-state index contributed by atoms with van der Waals surface area (Å²) in [6, 6.07) is 3.90. The quantitative estimate of drug-likeness (QED) is 0.855. The molecule has 2 rings (SSSR count). The number of hydrogen-bond donors (Lipinski definition) is 0. The first-order valence-corrected chi connectivity index (χ1v) is 6.01. The summed E-state index contributed by atoms with van der Waals surface area (Å²) in [5.74, 6) is -1.22. The van der Waals surface area contributed by atoms with Gasteiger partial charge < -0.3 is 0 Å². The van der Waals surface area contributed by atoms with Crippen LogP contribution in [0.1, 0.15) is 32.1 Å². The van der Waals surface area contributed by atoms with Crippen LogP contribution in [0.25, 0.3) is 5.69 Å². The average molecular weight is 266 g/mol. The Bertz CT molecular complexity index is 640. The number of benzene rings is 1. The monoisotopic (exact) mass is 266 g/mol. The van der Waals surface area contributed by atoms with Crippen molar-refractivity contribution < 1.29 is 8.78 Å². The van der Waals surface area contributed by atoms with Gasteiger partial charge in [0.15, 0.2) is 0 Å². The van der Waals surface area contributed by atoms with Crippen molar-refractivity contribution in [3.8, 4) is 5.69 Å². The molecule has 0 amide bonds. The van der Waals surface area contributed by atoms with E-state index < -0.39 is 17.3 Å². The van der Waals surface area contributed by atoms with Crippen LogP contribution in [0, 0.1) is 24.6 Å². The van der Waals surface area contributed by atoms with Crippen LogP contribution >= 0.6 is 0 Å². The molecule has 4 nitrogen and oxygen atoms in total. The van der Waals surface area contributed by atoms with E-state index in [9.17, 15) is 13.6 Å². The normalized spacial score (nSPS) is 12.7. The van der Waals surface area contributed by atoms with E-state index in [1.165, 1.54) is 4.57 Å². The van der Waals surface area contributed by atoms with E-state index in [4.69, 9.17) is 0 Å². The van der Waals surface area contributed by atoms with Gasteiger partial charge in [-0.05, 0) is 20.3 Å². The fraction of sp³-hybridized carbons (Fsp3) is 0.385. The molecule has 6 heteroatoms. The summed E-state index contributed by atoms with van der Waals surface area (Å²) in [7, 11) is 0. The molecule has 0 bridgehead atoms. The lowest BCUT2D eigenvalue weighted by atomic mass is 10.2. The Balaban J connectivity index is 2.61. The van der Waals surface area contributed by atoms with Crippen molar-refractivity contribution in [3.05, 3.63) is 46.1 Å². The highest BCUT2D eigenvalue weighted by molar-refractivity contribution is 5.31. The van der Waals surface area contributed by atoms with Crippen LogP contribution in [0.5, 0.6) is 0 Å². The minimum atomic E-state index is -0.863. The van der Waals surface area contributed by atoms with Gasteiger partial charge in [0.05, 0.1) is 11.8 Å². The molecule has 1 atom stereocenters. The number of hydrogen-bond acceptors (Lipinski definition) is 2. The molecular weight excluding hydrogens is 252 g/mol. The summed E-state index contributed by atoms with van der Waals surface area (Å²) in [5, 5.41) is 4.05. The summed E-state index contributed by atoms with van der Waals surface area (Å²) >= 11 is 0. The molecule has 2 aromatic rings. The molecule has 0 saturated carbocycles. The summed E-state index contributed by atoms with van der Waals surface area (Å²) < 4.78 is 28.8. The third kappa shape index (κ3) is 2.43. The molecule has 1 aromatic heterocycles. The van der Waals surface area contributed by atoms with Crippen molar-refractivity contribution in [2.24, 2.45) is 0 Å². The van der Waals surface area contributed by atoms with Crippen LogP contribution in [0.3, 0.4) is 0 Å². The van der Waals surface area contributed by atoms with Crippen LogP contribution < -0.4 is 5.69 Å². The molecular formula is C13H14F2N3O. The lowest BCUT2D eigenvalue weighted by Gasteiger charge is -2.09. The van der Waals surface area contributed by atoms with Crippen LogP contribution in [0.15, 0.2) is 16.9 Å². The summed E-state index contributed by atoms with van der Waals surface area (Å²) in [6.07, 6.45) is 0.762. The first-order chi connectivity index (χ1) is 8.93. The van der Waals surface area contributed by atoms with E-state index in [0.29, 0.717) is 5.82 Å². The third-order valence-electron chi connectivity index (χ3n) is 3.04. The second-order valence-electron chi connectivity index (χ2n) is 4.40. The lowest BCUT2D eigenvalue weighted by Crippen LogP contribution is -2.26. The predicted molar refractivity (Wildman–Crippen MR) is 66.3 cm³/mol. The summed E-state index contributed by atoms with van der Waals surface area (Å²) in [6.45, 7) is 5.52. The highest BCUT2D eigenvalue weighted by Crippen LogP contribution is 2.13. The Morgan fingerprint density at radius 2 is 1.95 bits per heavy atom. The van der Waals surface area contributed by atoms with Gasteiger partial charge >= 0.3 is 5.69 Å². The Morgan fingerprint density at radius 1 is 1.37 bits per heavy atom. The molecule has 0 fully saturated rings. The zero-order chi connectivity index (χ0) is 14.2. The van der Waals surface area contributed by atoms with Crippen molar-refractivity contribution in [1.82, 2.24) is 14.3 Å². The molecule has 1 heterocycles. The SMILES string of the molecule is CCC(C)n1c(C)nn(-c2cc(F)[c]c(F)c2)c1=O. The number of halogens is 2. The van der Waals surface area contributed by atoms with Crippen molar-refractivity contribution in [2.75, 3.05) is 0 Å². The van der Waals surface area contributed by atoms with Gasteiger partial charge in [0.25, 0.3) is 0 Å². The largest absolute Gasteiger partial charge is 0.350 e. The molecule has 1 aromatic carbocycles. The second kappa shape index (κ2) is 4.95. The van der Waals surface area contributed by atoms with E-state index in [1.54, 1.807) is 6.92 Å². The maximum atomic E-state index is 13.1. The number of aromatic nitrogens is 3. The van der Waals surface area contributed by atoms with Crippen molar-refractivity contribution in [3.63, 3.8) is 0 Å².